The zero-order chi connectivity index (χ0) is 14.7. The maximum Gasteiger partial charge on any atom is 0.259 e. The first-order valence-electron chi connectivity index (χ1n) is 5.55. The van der Waals surface area contributed by atoms with E-state index < -0.39 is 0 Å². The molecule has 1 aliphatic heterocycles. The molecule has 1 N–H and O–H groups in total. The lowest BCUT2D eigenvalue weighted by molar-refractivity contribution is -0.123. The average Bonchev–Trinajstić information content (AvgIpc) is 2.77. The molecule has 0 radical (unpaired) electrons. The Kier molecular flexibility index (Phi) is 4.46. The van der Waals surface area contributed by atoms with Gasteiger partial charge in [-0.3, -0.25) is 4.79 Å². The summed E-state index contributed by atoms with van der Waals surface area (Å²) < 4.78 is 10.5. The van der Waals surface area contributed by atoms with E-state index in [0.29, 0.717) is 15.6 Å². The molecule has 6 nitrogen and oxygen atoms in total. The Morgan fingerprint density at radius 3 is 2.45 bits per heavy atom. The molecule has 1 aliphatic rings. The van der Waals surface area contributed by atoms with Crippen LogP contribution in [-0.4, -0.2) is 46.5 Å². The molecule has 1 saturated heterocycles. The second-order valence-corrected chi connectivity index (χ2v) is 5.39. The topological polar surface area (TPSA) is 71.4 Å². The van der Waals surface area contributed by atoms with Crippen LogP contribution in [0.15, 0.2) is 17.2 Å². The van der Waals surface area contributed by atoms with Gasteiger partial charge in [0.1, 0.15) is 0 Å². The van der Waals surface area contributed by atoms with Gasteiger partial charge in [0.05, 0.1) is 26.2 Å². The highest BCUT2D eigenvalue weighted by Gasteiger charge is 2.26. The first kappa shape index (κ1) is 14.6. The molecule has 0 saturated carbocycles. The van der Waals surface area contributed by atoms with Crippen LogP contribution in [0.25, 0.3) is 0 Å². The molecule has 1 amide bonds. The highest BCUT2D eigenvalue weighted by molar-refractivity contribution is 8.23. The number of carbonyl (C=O) groups excluding carboxylic acids is 1. The Hall–Kier alpha value is -1.80. The van der Waals surface area contributed by atoms with E-state index in [-0.39, 0.29) is 23.2 Å². The Morgan fingerprint density at radius 1 is 1.40 bits per heavy atom. The standard InChI is InChI=1S/C12H12N2O4S2/c1-17-8-3-7(4-9(18-2)11(8)16)5-13-14-10(15)6-20-12(14)19/h3-5,16H,6H2,1-2H3/b13-5-. The lowest BCUT2D eigenvalue weighted by Gasteiger charge is -2.10. The third-order valence-corrected chi connectivity index (χ3v) is 3.89. The van der Waals surface area contributed by atoms with Crippen molar-refractivity contribution in [3.05, 3.63) is 17.7 Å². The van der Waals surface area contributed by atoms with Gasteiger partial charge in [0.25, 0.3) is 5.91 Å². The first-order valence-corrected chi connectivity index (χ1v) is 6.95. The van der Waals surface area contributed by atoms with E-state index in [1.165, 1.54) is 37.2 Å². The van der Waals surface area contributed by atoms with Crippen LogP contribution in [-0.2, 0) is 4.79 Å². The maximum atomic E-state index is 11.5. The molecule has 0 aliphatic carbocycles. The number of amides is 1. The van der Waals surface area contributed by atoms with Crippen molar-refractivity contribution >= 4 is 40.4 Å². The predicted molar refractivity (Wildman–Crippen MR) is 80.7 cm³/mol. The number of carbonyl (C=O) groups is 1. The number of hydrogen-bond donors (Lipinski definition) is 1. The van der Waals surface area contributed by atoms with Crippen molar-refractivity contribution in [3.63, 3.8) is 0 Å². The number of aromatic hydroxyl groups is 1. The fraction of sp³-hybridized carbons (Fsp3) is 0.250. The van der Waals surface area contributed by atoms with E-state index in [1.807, 2.05) is 0 Å². The Bertz CT molecular complexity index is 548. The van der Waals surface area contributed by atoms with Gasteiger partial charge in [-0.25, -0.2) is 0 Å². The van der Waals surface area contributed by atoms with Crippen LogP contribution in [0.5, 0.6) is 17.2 Å². The van der Waals surface area contributed by atoms with E-state index in [9.17, 15) is 9.90 Å². The van der Waals surface area contributed by atoms with Crippen LogP contribution in [0.3, 0.4) is 0 Å². The lowest BCUT2D eigenvalue weighted by atomic mass is 10.2. The van der Waals surface area contributed by atoms with Crippen molar-refractivity contribution in [1.82, 2.24) is 5.01 Å². The van der Waals surface area contributed by atoms with Crippen LogP contribution in [0.1, 0.15) is 5.56 Å². The number of hydrogen-bond acceptors (Lipinski definition) is 7. The van der Waals surface area contributed by atoms with E-state index in [0.717, 1.165) is 0 Å². The number of hydrazone groups is 1. The van der Waals surface area contributed by atoms with Crippen LogP contribution in [0, 0.1) is 0 Å². The summed E-state index contributed by atoms with van der Waals surface area (Å²) in [5.74, 6) is 0.578. The quantitative estimate of drug-likeness (QED) is 0.673. The molecule has 0 spiro atoms. The normalized spacial score (nSPS) is 15.2. The van der Waals surface area contributed by atoms with E-state index in [4.69, 9.17) is 21.7 Å². The maximum absolute atomic E-state index is 11.5. The van der Waals surface area contributed by atoms with Gasteiger partial charge in [0.15, 0.2) is 15.8 Å². The number of rotatable bonds is 4. The van der Waals surface area contributed by atoms with Crippen molar-refractivity contribution in [2.45, 2.75) is 0 Å². The van der Waals surface area contributed by atoms with Crippen molar-refractivity contribution < 1.29 is 19.4 Å². The van der Waals surface area contributed by atoms with Gasteiger partial charge >= 0.3 is 0 Å². The summed E-state index contributed by atoms with van der Waals surface area (Å²) in [5.41, 5.74) is 0.615. The largest absolute Gasteiger partial charge is 0.502 e. The van der Waals surface area contributed by atoms with Crippen molar-refractivity contribution in [2.75, 3.05) is 20.0 Å². The molecule has 1 fully saturated rings. The zero-order valence-electron chi connectivity index (χ0n) is 10.8. The Balaban J connectivity index is 2.29. The third kappa shape index (κ3) is 2.86. The summed E-state index contributed by atoms with van der Waals surface area (Å²) in [6, 6.07) is 3.16. The van der Waals surface area contributed by atoms with Gasteiger partial charge in [-0.05, 0) is 12.1 Å². The first-order chi connectivity index (χ1) is 9.56. The summed E-state index contributed by atoms with van der Waals surface area (Å²) in [4.78, 5) is 11.5. The van der Waals surface area contributed by atoms with E-state index >= 15 is 0 Å². The Morgan fingerprint density at radius 2 is 2.00 bits per heavy atom. The number of thioether (sulfide) groups is 1. The van der Waals surface area contributed by atoms with Crippen LogP contribution in [0.4, 0.5) is 0 Å². The molecular weight excluding hydrogens is 300 g/mol. The van der Waals surface area contributed by atoms with Gasteiger partial charge in [-0.2, -0.15) is 10.1 Å². The highest BCUT2D eigenvalue weighted by Crippen LogP contribution is 2.36. The molecular formula is C12H12N2O4S2. The number of benzene rings is 1. The molecule has 1 aromatic carbocycles. The van der Waals surface area contributed by atoms with Gasteiger partial charge in [0.2, 0.25) is 5.75 Å². The molecule has 0 bridgehead atoms. The summed E-state index contributed by atoms with van der Waals surface area (Å²) in [6.07, 6.45) is 1.46. The van der Waals surface area contributed by atoms with Gasteiger partial charge in [0, 0.05) is 5.56 Å². The second kappa shape index (κ2) is 6.10. The monoisotopic (exact) mass is 312 g/mol. The van der Waals surface area contributed by atoms with Gasteiger partial charge < -0.3 is 14.6 Å². The number of nitrogens with zero attached hydrogens (tertiary/aromatic N) is 2. The smallest absolute Gasteiger partial charge is 0.259 e. The SMILES string of the molecule is COc1cc(/C=N\N2C(=O)CSC2=S)cc(OC)c1O. The van der Waals surface area contributed by atoms with Crippen molar-refractivity contribution in [3.8, 4) is 17.2 Å². The fourth-order valence-corrected chi connectivity index (χ4v) is 2.54. The molecule has 2 rings (SSSR count). The van der Waals surface area contributed by atoms with Crippen molar-refractivity contribution in [1.29, 1.82) is 0 Å². The minimum atomic E-state index is -0.158. The van der Waals surface area contributed by atoms with Crippen LogP contribution < -0.4 is 9.47 Å². The molecule has 0 aromatic heterocycles. The molecule has 106 valence electrons. The average molecular weight is 312 g/mol. The number of phenolic OH excluding ortho intramolecular Hbond substituents is 1. The summed E-state index contributed by atoms with van der Waals surface area (Å²) in [7, 11) is 2.87. The number of methoxy groups -OCH3 is 2. The van der Waals surface area contributed by atoms with Crippen LogP contribution >= 0.6 is 24.0 Å². The van der Waals surface area contributed by atoms with Crippen molar-refractivity contribution in [2.24, 2.45) is 5.10 Å². The minimum absolute atomic E-state index is 0.0875. The molecule has 0 unspecified atom stereocenters. The second-order valence-electron chi connectivity index (χ2n) is 3.78. The summed E-state index contributed by atoms with van der Waals surface area (Å²) in [6.45, 7) is 0. The zero-order valence-corrected chi connectivity index (χ0v) is 12.5. The predicted octanol–water partition coefficient (Wildman–Crippen LogP) is 1.60. The number of thiocarbonyl (C=S) groups is 1. The lowest BCUT2D eigenvalue weighted by Crippen LogP contribution is -2.22. The molecule has 8 heteroatoms. The molecule has 1 aromatic rings. The van der Waals surface area contributed by atoms with Gasteiger partial charge in [-0.15, -0.1) is 0 Å². The molecule has 20 heavy (non-hydrogen) atoms. The van der Waals surface area contributed by atoms with E-state index in [2.05, 4.69) is 5.10 Å². The number of ether oxygens (including phenoxy) is 2. The summed E-state index contributed by atoms with van der Waals surface area (Å²) >= 11 is 6.29. The molecule has 0 atom stereocenters. The highest BCUT2D eigenvalue weighted by atomic mass is 32.2. The fourth-order valence-electron chi connectivity index (χ4n) is 1.57. The van der Waals surface area contributed by atoms with Crippen LogP contribution in [0.2, 0.25) is 0 Å². The number of phenols is 1. The molecule has 1 heterocycles. The van der Waals surface area contributed by atoms with Gasteiger partial charge in [-0.1, -0.05) is 24.0 Å². The summed E-state index contributed by atoms with van der Waals surface area (Å²) in [5, 5.41) is 15.0. The third-order valence-electron chi connectivity index (χ3n) is 2.55. The van der Waals surface area contributed by atoms with E-state index in [1.54, 1.807) is 12.1 Å². The minimum Gasteiger partial charge on any atom is -0.502 e. The Labute approximate surface area is 125 Å².